The number of nitrogens with one attached hydrogen (secondary N) is 1. The number of aliphatic hydroxyl groups excluding tert-OH is 2. The van der Waals surface area contributed by atoms with Crippen LogP contribution in [0.1, 0.15) is 16.6 Å². The van der Waals surface area contributed by atoms with Gasteiger partial charge in [-0.05, 0) is 34.1 Å². The average molecular weight is 428 g/mol. The molecule has 0 bridgehead atoms. The first-order valence-corrected chi connectivity index (χ1v) is 8.41. The van der Waals surface area contributed by atoms with E-state index < -0.39 is 41.2 Å². The summed E-state index contributed by atoms with van der Waals surface area (Å²) in [5.74, 6) is -0.472. The average Bonchev–Trinajstić information content (AvgIpc) is 2.85. The number of halogens is 2. The van der Waals surface area contributed by atoms with Crippen molar-refractivity contribution in [2.45, 2.75) is 23.0 Å². The van der Waals surface area contributed by atoms with Crippen molar-refractivity contribution in [3.05, 3.63) is 58.6 Å². The molecule has 8 nitrogen and oxygen atoms in total. The fourth-order valence-electron chi connectivity index (χ4n) is 2.56. The molecule has 0 spiro atoms. The quantitative estimate of drug-likeness (QED) is 0.622. The number of hydrogen-bond donors (Lipinski definition) is 3. The summed E-state index contributed by atoms with van der Waals surface area (Å²) in [5.41, 5.74) is -0.511. The van der Waals surface area contributed by atoms with Crippen molar-refractivity contribution in [2.75, 3.05) is 11.9 Å². The Balaban J connectivity index is 1.82. The van der Waals surface area contributed by atoms with E-state index in [1.54, 1.807) is 30.3 Å². The second-order valence-corrected chi connectivity index (χ2v) is 6.87. The number of carbonyl (C=O) groups excluding carboxylic acids is 1. The van der Waals surface area contributed by atoms with E-state index in [2.05, 4.69) is 26.2 Å². The molecule has 4 atom stereocenters. The van der Waals surface area contributed by atoms with Gasteiger partial charge in [-0.2, -0.15) is 4.98 Å². The number of benzene rings is 1. The second kappa shape index (κ2) is 7.23. The number of rotatable bonds is 4. The highest BCUT2D eigenvalue weighted by Crippen LogP contribution is 2.45. The zero-order chi connectivity index (χ0) is 18.9. The number of carbonyl (C=O) groups is 1. The first-order chi connectivity index (χ1) is 12.3. The minimum atomic E-state index is -2.49. The van der Waals surface area contributed by atoms with Crippen LogP contribution in [0.15, 0.2) is 47.4 Å². The molecule has 1 aliphatic heterocycles. The Hall–Kier alpha value is -2.14. The molecule has 1 aromatic carbocycles. The number of anilines is 1. The Morgan fingerprint density at radius 3 is 2.65 bits per heavy atom. The maximum Gasteiger partial charge on any atom is 0.351 e. The molecule has 1 saturated heterocycles. The molecular weight excluding hydrogens is 413 g/mol. The molecule has 2 heterocycles. The number of hydrogen-bond acceptors (Lipinski definition) is 6. The van der Waals surface area contributed by atoms with E-state index in [1.165, 1.54) is 12.3 Å². The molecule has 1 unspecified atom stereocenters. The normalized spacial score (nSPS) is 28.1. The number of ether oxygens (including phenoxy) is 1. The largest absolute Gasteiger partial charge is 0.394 e. The second-order valence-electron chi connectivity index (χ2n) is 5.65. The summed E-state index contributed by atoms with van der Waals surface area (Å²) in [6.45, 7) is -0.623. The van der Waals surface area contributed by atoms with Crippen LogP contribution >= 0.6 is 15.9 Å². The molecule has 0 saturated carbocycles. The summed E-state index contributed by atoms with van der Waals surface area (Å²) in [6, 6.07) is 9.64. The van der Waals surface area contributed by atoms with Gasteiger partial charge in [-0.25, -0.2) is 9.18 Å². The van der Waals surface area contributed by atoms with Crippen LogP contribution in [0.5, 0.6) is 0 Å². The molecule has 1 fully saturated rings. The third kappa shape index (κ3) is 3.40. The van der Waals surface area contributed by atoms with E-state index in [0.717, 1.165) is 4.57 Å². The van der Waals surface area contributed by atoms with Crippen molar-refractivity contribution >= 4 is 27.7 Å². The lowest BCUT2D eigenvalue weighted by Gasteiger charge is -2.23. The van der Waals surface area contributed by atoms with E-state index in [4.69, 9.17) is 9.84 Å². The Kier molecular flexibility index (Phi) is 5.19. The summed E-state index contributed by atoms with van der Waals surface area (Å²) < 4.78 is 18.2. The highest BCUT2D eigenvalue weighted by Gasteiger charge is 2.56. The molecule has 1 amide bonds. The summed E-state index contributed by atoms with van der Waals surface area (Å²) in [6.07, 6.45) is -3.23. The maximum atomic E-state index is 14.7. The molecule has 138 valence electrons. The van der Waals surface area contributed by atoms with Gasteiger partial charge in [0.15, 0.2) is 6.23 Å². The molecule has 3 rings (SSSR count). The molecule has 10 heteroatoms. The first-order valence-electron chi connectivity index (χ1n) is 7.62. The molecule has 3 N–H and O–H groups in total. The van der Waals surface area contributed by atoms with Crippen molar-refractivity contribution in [1.29, 1.82) is 0 Å². The SMILES string of the molecule is O=C(Nc1ccn([C@@H]2O[C@H](CO)C(O)[C@@]2(F)Br)c(=O)n1)c1ccccc1. The molecule has 26 heavy (non-hydrogen) atoms. The Bertz CT molecular complexity index is 860. The van der Waals surface area contributed by atoms with Gasteiger partial charge < -0.3 is 20.3 Å². The lowest BCUT2D eigenvalue weighted by molar-refractivity contribution is -0.0506. The number of aliphatic hydroxyl groups is 2. The summed E-state index contributed by atoms with van der Waals surface area (Å²) in [7, 11) is 0. The number of alkyl halides is 2. The molecule has 0 aliphatic carbocycles. The lowest BCUT2D eigenvalue weighted by Crippen LogP contribution is -2.40. The number of nitrogens with zero attached hydrogens (tertiary/aromatic N) is 2. The topological polar surface area (TPSA) is 114 Å². The van der Waals surface area contributed by atoms with Gasteiger partial charge >= 0.3 is 5.69 Å². The van der Waals surface area contributed by atoms with Crippen LogP contribution in [0.2, 0.25) is 0 Å². The standard InChI is InChI=1S/C16H15BrFN3O5/c17-16(18)12(23)10(8-22)26-14(16)21-7-6-11(20-15(21)25)19-13(24)9-4-2-1-3-5-9/h1-7,10,12,14,22-23H,8H2,(H,19,20,24,25)/t10-,12?,14-,16+/m1/s1. The Morgan fingerprint density at radius 1 is 1.38 bits per heavy atom. The monoisotopic (exact) mass is 427 g/mol. The highest BCUT2D eigenvalue weighted by molar-refractivity contribution is 9.10. The van der Waals surface area contributed by atoms with Crippen molar-refractivity contribution in [3.63, 3.8) is 0 Å². The van der Waals surface area contributed by atoms with Gasteiger partial charge in [0.25, 0.3) is 5.91 Å². The van der Waals surface area contributed by atoms with Gasteiger partial charge in [-0.1, -0.05) is 18.2 Å². The van der Waals surface area contributed by atoms with Gasteiger partial charge in [0.05, 0.1) is 6.61 Å². The van der Waals surface area contributed by atoms with Gasteiger partial charge in [0, 0.05) is 11.8 Å². The fourth-order valence-corrected chi connectivity index (χ4v) is 3.18. The predicted octanol–water partition coefficient (Wildman–Crippen LogP) is 0.807. The van der Waals surface area contributed by atoms with Crippen molar-refractivity contribution < 1.29 is 24.1 Å². The highest BCUT2D eigenvalue weighted by atomic mass is 79.9. The van der Waals surface area contributed by atoms with Crippen LogP contribution < -0.4 is 11.0 Å². The van der Waals surface area contributed by atoms with Gasteiger partial charge in [-0.3, -0.25) is 9.36 Å². The summed E-state index contributed by atoms with van der Waals surface area (Å²) in [5, 5.41) is 21.4. The van der Waals surface area contributed by atoms with Crippen LogP contribution in [0.4, 0.5) is 10.2 Å². The smallest absolute Gasteiger partial charge is 0.351 e. The molecule has 0 radical (unpaired) electrons. The van der Waals surface area contributed by atoms with Crippen molar-refractivity contribution in [1.82, 2.24) is 9.55 Å². The van der Waals surface area contributed by atoms with Gasteiger partial charge in [0.2, 0.25) is 4.58 Å². The zero-order valence-electron chi connectivity index (χ0n) is 13.3. The van der Waals surface area contributed by atoms with Gasteiger partial charge in [-0.15, -0.1) is 0 Å². The molecule has 1 aromatic heterocycles. The van der Waals surface area contributed by atoms with Crippen LogP contribution in [-0.4, -0.2) is 49.1 Å². The van der Waals surface area contributed by atoms with E-state index in [1.807, 2.05) is 0 Å². The fraction of sp³-hybridized carbons (Fsp3) is 0.312. The van der Waals surface area contributed by atoms with Crippen molar-refractivity contribution in [3.8, 4) is 0 Å². The van der Waals surface area contributed by atoms with Crippen LogP contribution in [0.25, 0.3) is 0 Å². The van der Waals surface area contributed by atoms with Crippen molar-refractivity contribution in [2.24, 2.45) is 0 Å². The van der Waals surface area contributed by atoms with Crippen LogP contribution in [-0.2, 0) is 4.74 Å². The van der Waals surface area contributed by atoms with E-state index in [0.29, 0.717) is 5.56 Å². The van der Waals surface area contributed by atoms with Gasteiger partial charge in [0.1, 0.15) is 18.0 Å². The summed E-state index contributed by atoms with van der Waals surface area (Å²) in [4.78, 5) is 28.0. The third-order valence-corrected chi connectivity index (χ3v) is 4.78. The zero-order valence-corrected chi connectivity index (χ0v) is 14.8. The van der Waals surface area contributed by atoms with E-state index in [9.17, 15) is 19.1 Å². The van der Waals surface area contributed by atoms with E-state index in [-0.39, 0.29) is 5.82 Å². The molecular formula is C16H15BrFN3O5. The maximum absolute atomic E-state index is 14.7. The Morgan fingerprint density at radius 2 is 2.08 bits per heavy atom. The third-order valence-electron chi connectivity index (χ3n) is 3.92. The lowest BCUT2D eigenvalue weighted by atomic mass is 10.1. The minimum absolute atomic E-state index is 0.0172. The number of aromatic nitrogens is 2. The van der Waals surface area contributed by atoms with Crippen LogP contribution in [0.3, 0.4) is 0 Å². The Labute approximate surface area is 155 Å². The van der Waals surface area contributed by atoms with E-state index >= 15 is 0 Å². The predicted molar refractivity (Wildman–Crippen MR) is 92.7 cm³/mol. The molecule has 2 aromatic rings. The first kappa shape index (κ1) is 18.6. The van der Waals surface area contributed by atoms with Crippen LogP contribution in [0, 0.1) is 0 Å². The minimum Gasteiger partial charge on any atom is -0.394 e. The molecule has 1 aliphatic rings. The summed E-state index contributed by atoms with van der Waals surface area (Å²) >= 11 is 2.71. The number of amides is 1.